The van der Waals surface area contributed by atoms with E-state index in [0.29, 0.717) is 24.8 Å². The highest BCUT2D eigenvalue weighted by Crippen LogP contribution is 2.37. The number of benzene rings is 1. The number of carboxylic acids is 1. The molecule has 32 heavy (non-hydrogen) atoms. The Balaban J connectivity index is 1.35. The molecule has 4 rings (SSSR count). The maximum Gasteiger partial charge on any atom is 0.522 e. The van der Waals surface area contributed by atoms with Gasteiger partial charge in [0.25, 0.3) is 0 Å². The lowest BCUT2D eigenvalue weighted by Gasteiger charge is -2.41. The molecule has 3 aliphatic heterocycles. The molecule has 0 spiro atoms. The smallest absolute Gasteiger partial charge is 0.522 e. The Morgan fingerprint density at radius 3 is 2.75 bits per heavy atom. The third-order valence-corrected chi connectivity index (χ3v) is 5.68. The topological polar surface area (TPSA) is 181 Å². The number of aromatic carboxylic acids is 1. The van der Waals surface area contributed by atoms with Crippen molar-refractivity contribution in [2.24, 2.45) is 16.5 Å². The molecule has 12 nitrogen and oxygen atoms in total. The van der Waals surface area contributed by atoms with E-state index in [1.807, 2.05) is 0 Å². The van der Waals surface area contributed by atoms with Crippen LogP contribution in [0.4, 0.5) is 0 Å². The van der Waals surface area contributed by atoms with Crippen LogP contribution in [-0.2, 0) is 16.0 Å². The maximum absolute atomic E-state index is 12.7. The monoisotopic (exact) mass is 445 g/mol. The minimum atomic E-state index is -1.22. The van der Waals surface area contributed by atoms with Crippen molar-refractivity contribution in [3.8, 4) is 11.5 Å². The van der Waals surface area contributed by atoms with Crippen LogP contribution < -0.4 is 20.9 Å². The lowest BCUT2D eigenvalue weighted by molar-refractivity contribution is -0.141. The molecule has 0 saturated carbocycles. The quantitative estimate of drug-likeness (QED) is 0.342. The zero-order chi connectivity index (χ0) is 23.0. The number of ether oxygens (including phenoxy) is 1. The first kappa shape index (κ1) is 21.9. The number of amides is 2. The van der Waals surface area contributed by atoms with Crippen LogP contribution in [-0.4, -0.2) is 95.5 Å². The van der Waals surface area contributed by atoms with Crippen LogP contribution in [0.3, 0.4) is 0 Å². The van der Waals surface area contributed by atoms with Crippen molar-refractivity contribution in [2.75, 3.05) is 26.2 Å². The molecule has 1 aromatic rings. The van der Waals surface area contributed by atoms with Gasteiger partial charge in [-0.15, -0.1) is 0 Å². The molecule has 1 aromatic carbocycles. The summed E-state index contributed by atoms with van der Waals surface area (Å²) in [6, 6.07) is 1.93. The second-order valence-electron chi connectivity index (χ2n) is 8.08. The van der Waals surface area contributed by atoms with Crippen molar-refractivity contribution in [3.05, 3.63) is 23.3 Å². The molecule has 1 saturated heterocycles. The number of fused-ring (bicyclic) bond motifs is 1. The Morgan fingerprint density at radius 1 is 1.31 bits per heavy atom. The molecular formula is C19H24BN5O7. The molecule has 170 valence electrons. The lowest BCUT2D eigenvalue weighted by Crippen LogP contribution is -2.62. The van der Waals surface area contributed by atoms with Gasteiger partial charge in [0.1, 0.15) is 29.2 Å². The van der Waals surface area contributed by atoms with E-state index >= 15 is 0 Å². The van der Waals surface area contributed by atoms with Gasteiger partial charge in [0.05, 0.1) is 32.0 Å². The predicted octanol–water partition coefficient (Wildman–Crippen LogP) is -2.09. The second kappa shape index (κ2) is 8.67. The van der Waals surface area contributed by atoms with Crippen molar-refractivity contribution in [2.45, 2.75) is 30.9 Å². The van der Waals surface area contributed by atoms with Crippen LogP contribution in [0.1, 0.15) is 15.9 Å². The highest BCUT2D eigenvalue weighted by molar-refractivity contribution is 6.44. The third-order valence-electron chi connectivity index (χ3n) is 5.68. The first-order chi connectivity index (χ1) is 15.2. The molecule has 0 aromatic heterocycles. The molecule has 13 heteroatoms. The van der Waals surface area contributed by atoms with Gasteiger partial charge in [-0.05, 0) is 24.4 Å². The van der Waals surface area contributed by atoms with Crippen molar-refractivity contribution in [1.82, 2.24) is 9.80 Å². The molecule has 2 unspecified atom stereocenters. The number of hydrogen-bond acceptors (Lipinski definition) is 9. The second-order valence-corrected chi connectivity index (χ2v) is 8.08. The summed E-state index contributed by atoms with van der Waals surface area (Å²) < 4.78 is 11.2. The van der Waals surface area contributed by atoms with Gasteiger partial charge in [0.15, 0.2) is 0 Å². The Morgan fingerprint density at radius 2 is 2.06 bits per heavy atom. The number of aryl methyl sites for hydroxylation is 1. The number of aliphatic imine (C=N–C) groups is 1. The van der Waals surface area contributed by atoms with Crippen LogP contribution in [0.15, 0.2) is 17.1 Å². The fourth-order valence-corrected chi connectivity index (χ4v) is 3.99. The Bertz CT molecular complexity index is 968. The van der Waals surface area contributed by atoms with Gasteiger partial charge in [-0.1, -0.05) is 6.07 Å². The molecule has 0 bridgehead atoms. The average molecular weight is 445 g/mol. The molecule has 0 aliphatic carbocycles. The number of nitrogens with zero attached hydrogens (tertiary/aromatic N) is 3. The zero-order valence-corrected chi connectivity index (χ0v) is 17.2. The normalized spacial score (nSPS) is 20.9. The highest BCUT2D eigenvalue weighted by atomic mass is 16.5. The zero-order valence-electron chi connectivity index (χ0n) is 17.2. The molecule has 2 atom stereocenters. The van der Waals surface area contributed by atoms with Gasteiger partial charge in [0.2, 0.25) is 11.8 Å². The van der Waals surface area contributed by atoms with E-state index in [4.69, 9.17) is 20.9 Å². The summed E-state index contributed by atoms with van der Waals surface area (Å²) in [7, 11) is -1.06. The largest absolute Gasteiger partial charge is 0.535 e. The minimum absolute atomic E-state index is 0.00791. The van der Waals surface area contributed by atoms with Crippen molar-refractivity contribution < 1.29 is 33.9 Å². The van der Waals surface area contributed by atoms with Crippen molar-refractivity contribution in [1.29, 1.82) is 0 Å². The standard InChI is InChI=1S/C19H24BN5O7/c21-14(26)8-24-7-12(23-9-24)16(22)18(27)25-5-11(6-25)31-13-2-1-10-3-4-20(30)32-17(10)15(13)19(28)29/h1-2,9,11-12,16,30H,3-8,22H2,(H2,21,26)(H,28,29). The maximum atomic E-state index is 12.7. The third kappa shape index (κ3) is 4.34. The number of carbonyl (C=O) groups excluding carboxylic acids is 2. The van der Waals surface area contributed by atoms with Gasteiger partial charge < -0.3 is 40.8 Å². The van der Waals surface area contributed by atoms with Crippen molar-refractivity contribution in [3.63, 3.8) is 0 Å². The van der Waals surface area contributed by atoms with Crippen LogP contribution >= 0.6 is 0 Å². The molecular weight excluding hydrogens is 421 g/mol. The van der Waals surface area contributed by atoms with Crippen LogP contribution in [0.5, 0.6) is 11.5 Å². The molecule has 3 aliphatic rings. The SMILES string of the molecule is NC(=O)CN1C=NC(C(N)C(=O)N2CC(Oc3ccc4c(c3C(=O)O)OB(O)CC4)C2)C1. The van der Waals surface area contributed by atoms with Gasteiger partial charge in [-0.3, -0.25) is 14.6 Å². The van der Waals surface area contributed by atoms with Crippen LogP contribution in [0.25, 0.3) is 0 Å². The number of hydrogen-bond donors (Lipinski definition) is 4. The number of carboxylic acid groups (broad SMARTS) is 1. The van der Waals surface area contributed by atoms with Crippen LogP contribution in [0, 0.1) is 0 Å². The number of rotatable bonds is 7. The minimum Gasteiger partial charge on any atom is -0.535 e. The van der Waals surface area contributed by atoms with Crippen molar-refractivity contribution >= 4 is 31.2 Å². The lowest BCUT2D eigenvalue weighted by atomic mass is 9.78. The predicted molar refractivity (Wildman–Crippen MR) is 113 cm³/mol. The van der Waals surface area contributed by atoms with Gasteiger partial charge in [-0.2, -0.15) is 0 Å². The Labute approximate surface area is 183 Å². The summed E-state index contributed by atoms with van der Waals surface area (Å²) in [5, 5.41) is 19.4. The first-order valence-corrected chi connectivity index (χ1v) is 10.2. The fraction of sp³-hybridized carbons (Fsp3) is 0.474. The number of nitrogens with two attached hydrogens (primary N) is 2. The van der Waals surface area contributed by atoms with E-state index in [-0.39, 0.29) is 42.6 Å². The van der Waals surface area contributed by atoms with Crippen LogP contribution in [0.2, 0.25) is 6.32 Å². The molecule has 2 amide bonds. The molecule has 6 N–H and O–H groups in total. The van der Waals surface area contributed by atoms with E-state index in [1.165, 1.54) is 11.2 Å². The highest BCUT2D eigenvalue weighted by Gasteiger charge is 2.39. The summed E-state index contributed by atoms with van der Waals surface area (Å²) >= 11 is 0. The number of primary amides is 1. The first-order valence-electron chi connectivity index (χ1n) is 10.2. The summed E-state index contributed by atoms with van der Waals surface area (Å²) in [5.74, 6) is -1.79. The van der Waals surface area contributed by atoms with Gasteiger partial charge >= 0.3 is 13.1 Å². The fourth-order valence-electron chi connectivity index (χ4n) is 3.99. The summed E-state index contributed by atoms with van der Waals surface area (Å²) in [5.41, 5.74) is 11.8. The average Bonchev–Trinajstić information content (AvgIpc) is 3.16. The van der Waals surface area contributed by atoms with E-state index < -0.39 is 37.2 Å². The van der Waals surface area contributed by atoms with E-state index in [9.17, 15) is 24.5 Å². The van der Waals surface area contributed by atoms with E-state index in [1.54, 1.807) is 17.0 Å². The summed E-state index contributed by atoms with van der Waals surface area (Å²) in [6.45, 7) is 0.821. The van der Waals surface area contributed by atoms with E-state index in [0.717, 1.165) is 0 Å². The summed E-state index contributed by atoms with van der Waals surface area (Å²) in [4.78, 5) is 42.8. The molecule has 3 heterocycles. The Kier molecular flexibility index (Phi) is 5.93. The molecule has 1 fully saturated rings. The number of carbonyl (C=O) groups is 3. The van der Waals surface area contributed by atoms with E-state index in [2.05, 4.69) is 4.99 Å². The number of likely N-dealkylation sites (tertiary alicyclic amines) is 1. The summed E-state index contributed by atoms with van der Waals surface area (Å²) in [6.07, 6.45) is 1.94. The molecule has 0 radical (unpaired) electrons. The van der Waals surface area contributed by atoms with Gasteiger partial charge in [-0.25, -0.2) is 4.79 Å². The Hall–Kier alpha value is -3.32. The van der Waals surface area contributed by atoms with Gasteiger partial charge in [0, 0.05) is 6.54 Å².